The van der Waals surface area contributed by atoms with Crippen LogP contribution in [-0.2, 0) is 13.6 Å². The van der Waals surface area contributed by atoms with Crippen LogP contribution in [0.4, 0.5) is 0 Å². The number of amides is 1. The number of nitrogens with zero attached hydrogens (tertiary/aromatic N) is 2. The van der Waals surface area contributed by atoms with E-state index >= 15 is 0 Å². The SMILES string of the molecule is Cc1ccc(S)cc1C(=O)NCc1ccnn1C. The summed E-state index contributed by atoms with van der Waals surface area (Å²) in [6, 6.07) is 7.41. The maximum atomic E-state index is 12.0. The molecule has 0 aliphatic rings. The molecule has 1 N–H and O–H groups in total. The van der Waals surface area contributed by atoms with Gasteiger partial charge in [0, 0.05) is 23.7 Å². The standard InChI is InChI=1S/C13H15N3OS/c1-9-3-4-11(18)7-12(9)13(17)14-8-10-5-6-15-16(10)2/h3-7,18H,8H2,1-2H3,(H,14,17). The molecule has 1 heterocycles. The molecule has 2 aromatic rings. The fraction of sp³-hybridized carbons (Fsp3) is 0.231. The predicted molar refractivity (Wildman–Crippen MR) is 72.8 cm³/mol. The van der Waals surface area contributed by atoms with Crippen molar-refractivity contribution in [1.29, 1.82) is 0 Å². The lowest BCUT2D eigenvalue weighted by atomic mass is 10.1. The van der Waals surface area contributed by atoms with Crippen LogP contribution in [-0.4, -0.2) is 15.7 Å². The Morgan fingerprint density at radius 2 is 2.22 bits per heavy atom. The maximum absolute atomic E-state index is 12.0. The van der Waals surface area contributed by atoms with E-state index in [0.717, 1.165) is 16.2 Å². The van der Waals surface area contributed by atoms with Crippen molar-refractivity contribution < 1.29 is 4.79 Å². The summed E-state index contributed by atoms with van der Waals surface area (Å²) in [5.41, 5.74) is 2.56. The second-order valence-corrected chi connectivity index (χ2v) is 4.64. The Labute approximate surface area is 111 Å². The van der Waals surface area contributed by atoms with Crippen molar-refractivity contribution in [2.45, 2.75) is 18.4 Å². The van der Waals surface area contributed by atoms with Gasteiger partial charge in [-0.1, -0.05) is 6.07 Å². The molecule has 0 atom stereocenters. The molecule has 1 aromatic carbocycles. The molecule has 0 aliphatic heterocycles. The molecule has 0 saturated carbocycles. The normalized spacial score (nSPS) is 10.4. The van der Waals surface area contributed by atoms with Crippen molar-refractivity contribution in [3.63, 3.8) is 0 Å². The highest BCUT2D eigenvalue weighted by atomic mass is 32.1. The summed E-state index contributed by atoms with van der Waals surface area (Å²) in [4.78, 5) is 12.8. The number of rotatable bonds is 3. The molecule has 0 saturated heterocycles. The summed E-state index contributed by atoms with van der Waals surface area (Å²) in [5, 5.41) is 6.93. The van der Waals surface area contributed by atoms with Crippen molar-refractivity contribution >= 4 is 18.5 Å². The van der Waals surface area contributed by atoms with Gasteiger partial charge >= 0.3 is 0 Å². The first kappa shape index (κ1) is 12.7. The summed E-state index contributed by atoms with van der Waals surface area (Å²) in [5.74, 6) is -0.0930. The number of carbonyl (C=O) groups is 1. The van der Waals surface area contributed by atoms with Crippen LogP contribution in [0.2, 0.25) is 0 Å². The molecule has 18 heavy (non-hydrogen) atoms. The minimum absolute atomic E-state index is 0.0930. The van der Waals surface area contributed by atoms with Crippen molar-refractivity contribution in [2.24, 2.45) is 7.05 Å². The molecule has 2 rings (SSSR count). The molecule has 0 fully saturated rings. The lowest BCUT2D eigenvalue weighted by Crippen LogP contribution is -2.24. The summed E-state index contributed by atoms with van der Waals surface area (Å²) < 4.78 is 1.74. The van der Waals surface area contributed by atoms with E-state index in [0.29, 0.717) is 12.1 Å². The second kappa shape index (κ2) is 5.27. The van der Waals surface area contributed by atoms with Gasteiger partial charge in [-0.2, -0.15) is 5.10 Å². The Kier molecular flexibility index (Phi) is 3.72. The van der Waals surface area contributed by atoms with Crippen molar-refractivity contribution in [2.75, 3.05) is 0 Å². The van der Waals surface area contributed by atoms with Gasteiger partial charge in [0.15, 0.2) is 0 Å². The van der Waals surface area contributed by atoms with E-state index in [1.807, 2.05) is 32.2 Å². The van der Waals surface area contributed by atoms with Crippen LogP contribution in [0.1, 0.15) is 21.6 Å². The zero-order valence-corrected chi connectivity index (χ0v) is 11.2. The fourth-order valence-corrected chi connectivity index (χ4v) is 1.90. The summed E-state index contributed by atoms with van der Waals surface area (Å²) in [6.07, 6.45) is 1.71. The summed E-state index contributed by atoms with van der Waals surface area (Å²) >= 11 is 4.25. The van der Waals surface area contributed by atoms with Gasteiger partial charge in [-0.05, 0) is 30.7 Å². The van der Waals surface area contributed by atoms with Crippen LogP contribution in [0.3, 0.4) is 0 Å². The lowest BCUT2D eigenvalue weighted by molar-refractivity contribution is 0.0949. The van der Waals surface area contributed by atoms with Crippen LogP contribution >= 0.6 is 12.6 Å². The number of nitrogens with one attached hydrogen (secondary N) is 1. The highest BCUT2D eigenvalue weighted by Crippen LogP contribution is 2.14. The first-order chi connectivity index (χ1) is 8.58. The van der Waals surface area contributed by atoms with Crippen LogP contribution in [0.25, 0.3) is 0 Å². The average Bonchev–Trinajstić information content (AvgIpc) is 2.75. The van der Waals surface area contributed by atoms with E-state index in [2.05, 4.69) is 23.0 Å². The molecule has 1 amide bonds. The number of aromatic nitrogens is 2. The Morgan fingerprint density at radius 3 is 2.89 bits per heavy atom. The van der Waals surface area contributed by atoms with Crippen LogP contribution in [0.15, 0.2) is 35.4 Å². The second-order valence-electron chi connectivity index (χ2n) is 4.13. The molecule has 0 radical (unpaired) electrons. The van der Waals surface area contributed by atoms with Crippen LogP contribution in [0, 0.1) is 6.92 Å². The number of hydrogen-bond donors (Lipinski definition) is 2. The van der Waals surface area contributed by atoms with Crippen LogP contribution < -0.4 is 5.32 Å². The predicted octanol–water partition coefficient (Wildman–Crippen LogP) is 1.95. The van der Waals surface area contributed by atoms with E-state index < -0.39 is 0 Å². The number of aryl methyl sites for hydroxylation is 2. The molecule has 0 aliphatic carbocycles. The molecular weight excluding hydrogens is 246 g/mol. The van der Waals surface area contributed by atoms with Gasteiger partial charge in [0.05, 0.1) is 12.2 Å². The topological polar surface area (TPSA) is 46.9 Å². The maximum Gasteiger partial charge on any atom is 0.251 e. The van der Waals surface area contributed by atoms with Gasteiger partial charge in [0.2, 0.25) is 0 Å². The number of hydrogen-bond acceptors (Lipinski definition) is 3. The quantitative estimate of drug-likeness (QED) is 0.830. The molecule has 0 unspecified atom stereocenters. The van der Waals surface area contributed by atoms with Gasteiger partial charge < -0.3 is 5.32 Å². The third-order valence-corrected chi connectivity index (χ3v) is 3.10. The zero-order valence-electron chi connectivity index (χ0n) is 10.3. The summed E-state index contributed by atoms with van der Waals surface area (Å²) in [6.45, 7) is 2.37. The van der Waals surface area contributed by atoms with Gasteiger partial charge in [0.25, 0.3) is 5.91 Å². The average molecular weight is 261 g/mol. The Balaban J connectivity index is 2.08. The fourth-order valence-electron chi connectivity index (χ4n) is 1.70. The number of thiol groups is 1. The number of carbonyl (C=O) groups excluding carboxylic acids is 1. The van der Waals surface area contributed by atoms with Gasteiger partial charge in [0.1, 0.15) is 0 Å². The third-order valence-electron chi connectivity index (χ3n) is 2.82. The van der Waals surface area contributed by atoms with E-state index in [1.165, 1.54) is 0 Å². The first-order valence-corrected chi connectivity index (χ1v) is 6.07. The Hall–Kier alpha value is -1.75. The Morgan fingerprint density at radius 1 is 1.44 bits per heavy atom. The molecule has 5 heteroatoms. The number of benzene rings is 1. The van der Waals surface area contributed by atoms with Crippen molar-refractivity contribution in [3.05, 3.63) is 47.3 Å². The van der Waals surface area contributed by atoms with E-state index in [1.54, 1.807) is 16.9 Å². The molecule has 4 nitrogen and oxygen atoms in total. The highest BCUT2D eigenvalue weighted by molar-refractivity contribution is 7.80. The third kappa shape index (κ3) is 2.73. The minimum Gasteiger partial charge on any atom is -0.346 e. The lowest BCUT2D eigenvalue weighted by Gasteiger charge is -2.08. The van der Waals surface area contributed by atoms with Crippen molar-refractivity contribution in [3.8, 4) is 0 Å². The first-order valence-electron chi connectivity index (χ1n) is 5.62. The van der Waals surface area contributed by atoms with Crippen LogP contribution in [0.5, 0.6) is 0 Å². The molecule has 1 aromatic heterocycles. The smallest absolute Gasteiger partial charge is 0.251 e. The Bertz CT molecular complexity index is 577. The minimum atomic E-state index is -0.0930. The van der Waals surface area contributed by atoms with E-state index in [-0.39, 0.29) is 5.91 Å². The molecule has 94 valence electrons. The zero-order chi connectivity index (χ0) is 13.1. The van der Waals surface area contributed by atoms with Gasteiger partial charge in [-0.3, -0.25) is 9.48 Å². The molecule has 0 spiro atoms. The highest BCUT2D eigenvalue weighted by Gasteiger charge is 2.09. The van der Waals surface area contributed by atoms with E-state index in [9.17, 15) is 4.79 Å². The van der Waals surface area contributed by atoms with Gasteiger partial charge in [-0.25, -0.2) is 0 Å². The van der Waals surface area contributed by atoms with Crippen molar-refractivity contribution in [1.82, 2.24) is 15.1 Å². The largest absolute Gasteiger partial charge is 0.346 e. The van der Waals surface area contributed by atoms with Gasteiger partial charge in [-0.15, -0.1) is 12.6 Å². The summed E-state index contributed by atoms with van der Waals surface area (Å²) in [7, 11) is 1.85. The molecule has 0 bridgehead atoms. The van der Waals surface area contributed by atoms with E-state index in [4.69, 9.17) is 0 Å². The molecular formula is C13H15N3OS. The monoisotopic (exact) mass is 261 g/mol.